The number of carbonyl (C=O) groups is 1. The standard InChI is InChI=1S/C12H23N3O2/c13-12(16)9-15-5-3-10(4-6-15)14-8-11-2-1-7-17-11/h10-11,14H,1-9H2,(H2,13,16). The number of carbonyl (C=O) groups excluding carboxylic acids is 1. The second kappa shape index (κ2) is 6.33. The van der Waals surface area contributed by atoms with Crippen molar-refractivity contribution in [2.45, 2.75) is 37.8 Å². The van der Waals surface area contributed by atoms with Gasteiger partial charge < -0.3 is 15.8 Å². The Bertz CT molecular complexity index is 246. The fourth-order valence-electron chi connectivity index (χ4n) is 2.62. The quantitative estimate of drug-likeness (QED) is 0.694. The van der Waals surface area contributed by atoms with Crippen molar-refractivity contribution >= 4 is 5.91 Å². The lowest BCUT2D eigenvalue weighted by Gasteiger charge is -2.32. The summed E-state index contributed by atoms with van der Waals surface area (Å²) in [5, 5.41) is 3.57. The molecule has 17 heavy (non-hydrogen) atoms. The van der Waals surface area contributed by atoms with Crippen molar-refractivity contribution in [2.75, 3.05) is 32.8 Å². The van der Waals surface area contributed by atoms with E-state index in [4.69, 9.17) is 10.5 Å². The largest absolute Gasteiger partial charge is 0.377 e. The molecule has 3 N–H and O–H groups in total. The van der Waals surface area contributed by atoms with Gasteiger partial charge in [0.15, 0.2) is 0 Å². The highest BCUT2D eigenvalue weighted by molar-refractivity contribution is 5.75. The van der Waals surface area contributed by atoms with E-state index in [1.807, 2.05) is 0 Å². The second-order valence-electron chi connectivity index (χ2n) is 5.06. The van der Waals surface area contributed by atoms with Gasteiger partial charge in [0.2, 0.25) is 5.91 Å². The van der Waals surface area contributed by atoms with Crippen molar-refractivity contribution in [3.05, 3.63) is 0 Å². The summed E-state index contributed by atoms with van der Waals surface area (Å²) < 4.78 is 5.58. The highest BCUT2D eigenvalue weighted by atomic mass is 16.5. The predicted molar refractivity (Wildman–Crippen MR) is 65.6 cm³/mol. The van der Waals surface area contributed by atoms with Crippen LogP contribution in [0.5, 0.6) is 0 Å². The minimum atomic E-state index is -0.226. The number of nitrogens with zero attached hydrogens (tertiary/aromatic N) is 1. The molecule has 0 spiro atoms. The van der Waals surface area contributed by atoms with Crippen molar-refractivity contribution in [2.24, 2.45) is 5.73 Å². The zero-order valence-corrected chi connectivity index (χ0v) is 10.4. The van der Waals surface area contributed by atoms with Gasteiger partial charge in [0.05, 0.1) is 12.6 Å². The van der Waals surface area contributed by atoms with Crippen LogP contribution in [-0.2, 0) is 9.53 Å². The van der Waals surface area contributed by atoms with Crippen LogP contribution in [0.1, 0.15) is 25.7 Å². The lowest BCUT2D eigenvalue weighted by molar-refractivity contribution is -0.119. The molecule has 5 nitrogen and oxygen atoms in total. The summed E-state index contributed by atoms with van der Waals surface area (Å²) in [4.78, 5) is 12.9. The Kier molecular flexibility index (Phi) is 4.76. The molecule has 1 amide bonds. The summed E-state index contributed by atoms with van der Waals surface area (Å²) in [7, 11) is 0. The summed E-state index contributed by atoms with van der Waals surface area (Å²) in [6, 6.07) is 0.573. The zero-order valence-electron chi connectivity index (χ0n) is 10.4. The van der Waals surface area contributed by atoms with E-state index in [2.05, 4.69) is 10.2 Å². The summed E-state index contributed by atoms with van der Waals surface area (Å²) in [6.07, 6.45) is 5.00. The Labute approximate surface area is 103 Å². The lowest BCUT2D eigenvalue weighted by atomic mass is 10.0. The average molecular weight is 241 g/mol. The van der Waals surface area contributed by atoms with Gasteiger partial charge >= 0.3 is 0 Å². The van der Waals surface area contributed by atoms with E-state index in [1.54, 1.807) is 0 Å². The molecule has 0 saturated carbocycles. The van der Waals surface area contributed by atoms with Crippen LogP contribution in [0.2, 0.25) is 0 Å². The Hall–Kier alpha value is -0.650. The molecule has 2 heterocycles. The normalized spacial score (nSPS) is 27.4. The molecular weight excluding hydrogens is 218 g/mol. The molecule has 2 aliphatic heterocycles. The Morgan fingerprint density at radius 3 is 2.71 bits per heavy atom. The Morgan fingerprint density at radius 1 is 1.35 bits per heavy atom. The third-order valence-electron chi connectivity index (χ3n) is 3.63. The molecule has 0 radical (unpaired) electrons. The monoisotopic (exact) mass is 241 g/mol. The van der Waals surface area contributed by atoms with Crippen LogP contribution in [0.25, 0.3) is 0 Å². The highest BCUT2D eigenvalue weighted by Gasteiger charge is 2.22. The van der Waals surface area contributed by atoms with Crippen molar-refractivity contribution in [1.82, 2.24) is 10.2 Å². The van der Waals surface area contributed by atoms with Crippen molar-refractivity contribution < 1.29 is 9.53 Å². The van der Waals surface area contributed by atoms with Crippen LogP contribution >= 0.6 is 0 Å². The number of nitrogens with one attached hydrogen (secondary N) is 1. The van der Waals surface area contributed by atoms with Gasteiger partial charge in [-0.05, 0) is 25.7 Å². The molecule has 2 aliphatic rings. The highest BCUT2D eigenvalue weighted by Crippen LogP contribution is 2.13. The Morgan fingerprint density at radius 2 is 2.12 bits per heavy atom. The van der Waals surface area contributed by atoms with Crippen LogP contribution in [-0.4, -0.2) is 55.7 Å². The van der Waals surface area contributed by atoms with Gasteiger partial charge in [0.1, 0.15) is 0 Å². The van der Waals surface area contributed by atoms with Crippen molar-refractivity contribution in [3.8, 4) is 0 Å². The minimum absolute atomic E-state index is 0.226. The molecular formula is C12H23N3O2. The number of hydrogen-bond donors (Lipinski definition) is 2. The van der Waals surface area contributed by atoms with Gasteiger partial charge in [-0.1, -0.05) is 0 Å². The molecule has 1 atom stereocenters. The fraction of sp³-hybridized carbons (Fsp3) is 0.917. The molecule has 5 heteroatoms. The van der Waals surface area contributed by atoms with Gasteiger partial charge in [-0.2, -0.15) is 0 Å². The van der Waals surface area contributed by atoms with Crippen LogP contribution in [0.3, 0.4) is 0 Å². The molecule has 0 aliphatic carbocycles. The number of primary amides is 1. The maximum absolute atomic E-state index is 10.8. The van der Waals surface area contributed by atoms with Gasteiger partial charge in [-0.15, -0.1) is 0 Å². The molecule has 1 unspecified atom stereocenters. The van der Waals surface area contributed by atoms with E-state index >= 15 is 0 Å². The van der Waals surface area contributed by atoms with Crippen LogP contribution in [0.4, 0.5) is 0 Å². The first-order valence-electron chi connectivity index (χ1n) is 6.59. The summed E-state index contributed by atoms with van der Waals surface area (Å²) in [5.41, 5.74) is 5.19. The fourth-order valence-corrected chi connectivity index (χ4v) is 2.62. The van der Waals surface area contributed by atoms with Crippen molar-refractivity contribution in [1.29, 1.82) is 0 Å². The molecule has 2 rings (SSSR count). The molecule has 0 aromatic rings. The van der Waals surface area contributed by atoms with Crippen LogP contribution in [0, 0.1) is 0 Å². The zero-order chi connectivity index (χ0) is 12.1. The smallest absolute Gasteiger partial charge is 0.231 e. The number of nitrogens with two attached hydrogens (primary N) is 1. The van der Waals surface area contributed by atoms with E-state index in [0.29, 0.717) is 18.7 Å². The van der Waals surface area contributed by atoms with E-state index in [-0.39, 0.29) is 5.91 Å². The summed E-state index contributed by atoms with van der Waals surface area (Å²) in [5.74, 6) is -0.226. The van der Waals surface area contributed by atoms with E-state index in [0.717, 1.165) is 39.1 Å². The van der Waals surface area contributed by atoms with E-state index in [1.165, 1.54) is 12.8 Å². The summed E-state index contributed by atoms with van der Waals surface area (Å²) >= 11 is 0. The van der Waals surface area contributed by atoms with Gasteiger partial charge in [-0.3, -0.25) is 9.69 Å². The van der Waals surface area contributed by atoms with E-state index in [9.17, 15) is 4.79 Å². The first-order valence-corrected chi connectivity index (χ1v) is 6.59. The van der Waals surface area contributed by atoms with Gasteiger partial charge in [0.25, 0.3) is 0 Å². The average Bonchev–Trinajstić information content (AvgIpc) is 2.80. The molecule has 2 saturated heterocycles. The molecule has 98 valence electrons. The SMILES string of the molecule is NC(=O)CN1CCC(NCC2CCCO2)CC1. The molecule has 0 aromatic heterocycles. The number of ether oxygens (including phenoxy) is 1. The predicted octanol–water partition coefficient (Wildman–Crippen LogP) is -0.295. The van der Waals surface area contributed by atoms with Crippen LogP contribution in [0.15, 0.2) is 0 Å². The van der Waals surface area contributed by atoms with E-state index < -0.39 is 0 Å². The maximum Gasteiger partial charge on any atom is 0.231 e. The maximum atomic E-state index is 10.8. The topological polar surface area (TPSA) is 67.6 Å². The van der Waals surface area contributed by atoms with Gasteiger partial charge in [-0.25, -0.2) is 0 Å². The molecule has 0 bridgehead atoms. The molecule has 2 fully saturated rings. The number of hydrogen-bond acceptors (Lipinski definition) is 4. The molecule has 0 aromatic carbocycles. The first-order chi connectivity index (χ1) is 8.24. The summed E-state index contributed by atoms with van der Waals surface area (Å²) in [6.45, 7) is 4.22. The number of amides is 1. The lowest BCUT2D eigenvalue weighted by Crippen LogP contribution is -2.46. The second-order valence-corrected chi connectivity index (χ2v) is 5.06. The first kappa shape index (κ1) is 12.8. The Balaban J connectivity index is 1.60. The third kappa shape index (κ3) is 4.26. The number of rotatable bonds is 5. The van der Waals surface area contributed by atoms with Crippen molar-refractivity contribution in [3.63, 3.8) is 0 Å². The van der Waals surface area contributed by atoms with Gasteiger partial charge in [0, 0.05) is 32.3 Å². The number of likely N-dealkylation sites (tertiary alicyclic amines) is 1. The third-order valence-corrected chi connectivity index (χ3v) is 3.63. The minimum Gasteiger partial charge on any atom is -0.377 e. The number of piperidine rings is 1. The van der Waals surface area contributed by atoms with Crippen LogP contribution < -0.4 is 11.1 Å².